The van der Waals surface area contributed by atoms with E-state index in [9.17, 15) is 44.1 Å². The Kier molecular flexibility index (Phi) is 27.2. The van der Waals surface area contributed by atoms with Crippen molar-refractivity contribution in [2.75, 3.05) is 77.2 Å². The van der Waals surface area contributed by atoms with Gasteiger partial charge in [0, 0.05) is 69.2 Å². The average molecular weight is 1390 g/mol. The number of anilines is 2. The van der Waals surface area contributed by atoms with Crippen LogP contribution in [-0.4, -0.2) is 204 Å². The van der Waals surface area contributed by atoms with E-state index >= 15 is 0 Å². The summed E-state index contributed by atoms with van der Waals surface area (Å²) in [6.07, 6.45) is 8.75. The number of morpholine rings is 2. The van der Waals surface area contributed by atoms with Crippen molar-refractivity contribution >= 4 is 58.1 Å². The van der Waals surface area contributed by atoms with E-state index in [4.69, 9.17) is 52.8 Å². The van der Waals surface area contributed by atoms with Gasteiger partial charge in [0.1, 0.15) is 48.3 Å². The zero-order valence-corrected chi connectivity index (χ0v) is 60.5. The maximum atomic E-state index is 14.8. The number of nitrogens with one attached hydrogen (secondary N) is 1. The van der Waals surface area contributed by atoms with Crippen LogP contribution >= 0.6 is 0 Å². The number of rotatable bonds is 12. The number of carbonyl (C=O) groups excluding carboxylic acids is 6. The number of hydrogen-bond donors (Lipinski definition) is 4. The highest BCUT2D eigenvalue weighted by atomic mass is 16.6. The third kappa shape index (κ3) is 18.8. The zero-order chi connectivity index (χ0) is 72.1. The van der Waals surface area contributed by atoms with Crippen LogP contribution in [0.3, 0.4) is 0 Å². The fraction of sp³-hybridized carbons (Fsp3) is 0.645. The fourth-order valence-corrected chi connectivity index (χ4v) is 15.0. The Bertz CT molecular complexity index is 3490. The quantitative estimate of drug-likeness (QED) is 0.0747. The van der Waals surface area contributed by atoms with E-state index in [1.54, 1.807) is 53.0 Å². The molecule has 24 heteroatoms. The van der Waals surface area contributed by atoms with Crippen molar-refractivity contribution in [1.82, 2.24) is 25.2 Å². The molecule has 2 aromatic heterocycles. The highest BCUT2D eigenvalue weighted by Crippen LogP contribution is 2.39. The standard InChI is InChI=1S/C76H107N7O17/c1-44-18-14-13-15-19-45(2)59(78-75(91)98-43-55-38-54(23-28-63(55)93-10)58-26-25-57-70(77-58)79-74(82-31-33-97-42-52(82)9)80-71(57)81-30-32-96-41-51(81)8)39-56-24-21-50(7)76(92,100-56)69(88)72(89)83-29-17-16-20-60(83)73(90)99-64(47(4)36-53-22-27-61(84)65(37-53)94-11)40-62(85)46(3)35-49(6)67(87)68(95-12)66(86)48(5)34-44/h13-15,18-19,23,25-26,28,35,38,44,46-48,50-53,56,59-61,64-65,67-68,84,87,92H,16-17,20-22,24,27,29-34,36-37,39-43H2,1-12H3,(H,78,91)/b15-13?,18-14+,45-19?,49-35+/t44-,46-,47-,48-,50-,51+,52+,53+,56+,59?,60+,61-,64?,65-,67-,68+,76-/m1/s1. The molecule has 0 spiro atoms. The minimum atomic E-state index is -2.63. The predicted molar refractivity (Wildman–Crippen MR) is 376 cm³/mol. The summed E-state index contributed by atoms with van der Waals surface area (Å²) in [5.74, 6) is -7.22. The Morgan fingerprint density at radius 1 is 0.790 bits per heavy atom. The minimum Gasteiger partial charge on any atom is -0.496 e. The van der Waals surface area contributed by atoms with Crippen LogP contribution in [0.25, 0.3) is 22.3 Å². The number of hydrogen-bond acceptors (Lipinski definition) is 22. The van der Waals surface area contributed by atoms with Gasteiger partial charge < -0.3 is 73.2 Å². The highest BCUT2D eigenvalue weighted by Gasteiger charge is 2.53. The molecule has 5 aliphatic heterocycles. The average Bonchev–Trinajstić information content (AvgIpc) is 0.772. The summed E-state index contributed by atoms with van der Waals surface area (Å²) < 4.78 is 47.4. The Morgan fingerprint density at radius 2 is 1.53 bits per heavy atom. The molecule has 1 aromatic carbocycles. The van der Waals surface area contributed by atoms with Gasteiger partial charge >= 0.3 is 12.1 Å². The lowest BCUT2D eigenvalue weighted by Gasteiger charge is -2.43. The summed E-state index contributed by atoms with van der Waals surface area (Å²) in [6, 6.07) is 7.48. The number of alkyl carbamates (subject to hydrolysis) is 1. The molecule has 1 saturated carbocycles. The van der Waals surface area contributed by atoms with Crippen LogP contribution in [0.1, 0.15) is 145 Å². The molecule has 2 unspecified atom stereocenters. The lowest BCUT2D eigenvalue weighted by molar-refractivity contribution is -0.264. The molecule has 100 heavy (non-hydrogen) atoms. The van der Waals surface area contributed by atoms with Crippen molar-refractivity contribution < 1.29 is 82.0 Å². The number of aromatic nitrogens is 3. The number of Topliss-reactive ketones (excluding diaryl/α,β-unsaturated/α-hetero) is 3. The lowest BCUT2D eigenvalue weighted by Crippen LogP contribution is -2.61. The number of amides is 2. The van der Waals surface area contributed by atoms with Crippen molar-refractivity contribution in [1.29, 1.82) is 0 Å². The fourth-order valence-electron chi connectivity index (χ4n) is 15.0. The molecular weight excluding hydrogens is 1280 g/mol. The number of aliphatic hydroxyl groups is 3. The molecule has 4 saturated heterocycles. The number of benzene rings is 1. The number of ketones is 3. The Morgan fingerprint density at radius 3 is 2.24 bits per heavy atom. The SMILES string of the molecule is COc1ccc(-c2ccc3c(N4CCOC[C@@H]4C)nc(N4CCOC[C@@H]4C)nc3n2)cc1COC(=O)NC1C[C@@H]2CC[C@@H](C)[C@@](O)(O2)C(=O)C(=O)N2CCCC[C@H]2C(=O)OC([C@H](C)C[C@@H]2CC[C@@H](O)[C@H](OC)C2)CC(=O)[C@H](C)/C=C(\C)[C@@H](O)[C@@H](OC)C(=O)[C@H](C)C[C@H](C)/C=C/C=CC=C1C. The van der Waals surface area contributed by atoms with Gasteiger partial charge in [-0.25, -0.2) is 14.6 Å². The van der Waals surface area contributed by atoms with Crippen LogP contribution in [0.2, 0.25) is 0 Å². The zero-order valence-electron chi connectivity index (χ0n) is 60.5. The smallest absolute Gasteiger partial charge is 0.407 e. The van der Waals surface area contributed by atoms with Crippen LogP contribution in [0, 0.1) is 35.5 Å². The molecule has 2 bridgehead atoms. The first-order valence-corrected chi connectivity index (χ1v) is 35.9. The number of aliphatic hydroxyl groups excluding tert-OH is 2. The van der Waals surface area contributed by atoms with Crippen molar-refractivity contribution in [2.24, 2.45) is 35.5 Å². The molecule has 7 heterocycles. The molecule has 0 radical (unpaired) electrons. The number of fused-ring (bicyclic) bond motifs is 4. The van der Waals surface area contributed by atoms with Crippen molar-refractivity contribution in [3.63, 3.8) is 0 Å². The summed E-state index contributed by atoms with van der Waals surface area (Å²) in [4.78, 5) is 108. The number of ether oxygens (including phenoxy) is 8. The van der Waals surface area contributed by atoms with Crippen LogP contribution in [-0.2, 0) is 63.7 Å². The first kappa shape index (κ1) is 77.1. The van der Waals surface area contributed by atoms with E-state index in [0.717, 1.165) is 16.1 Å². The van der Waals surface area contributed by atoms with E-state index < -0.39 is 95.8 Å². The summed E-state index contributed by atoms with van der Waals surface area (Å²) >= 11 is 0. The molecule has 24 nitrogen and oxygen atoms in total. The van der Waals surface area contributed by atoms with Gasteiger partial charge in [-0.3, -0.25) is 19.2 Å². The number of piperidine rings is 1. The number of cyclic esters (lactones) is 1. The number of pyridine rings is 1. The molecule has 17 atom stereocenters. The molecule has 6 aliphatic rings. The van der Waals surface area contributed by atoms with E-state index in [1.807, 2.05) is 69.3 Å². The second-order valence-electron chi connectivity index (χ2n) is 28.8. The Hall–Kier alpha value is -7.03. The number of allylic oxidation sites excluding steroid dienone is 6. The van der Waals surface area contributed by atoms with E-state index in [1.165, 1.54) is 14.2 Å². The van der Waals surface area contributed by atoms with Gasteiger partial charge in [-0.05, 0) is 152 Å². The summed E-state index contributed by atoms with van der Waals surface area (Å²) in [6.45, 7) is 19.9. The molecule has 9 rings (SSSR count). The predicted octanol–water partition coefficient (Wildman–Crippen LogP) is 8.92. The number of carbonyl (C=O) groups is 6. The molecule has 3 aromatic rings. The molecular formula is C76H107N7O17. The van der Waals surface area contributed by atoms with E-state index in [-0.39, 0.29) is 80.4 Å². The second kappa shape index (κ2) is 35.2. The Labute approximate surface area is 588 Å². The molecule has 548 valence electrons. The van der Waals surface area contributed by atoms with Gasteiger partial charge in [-0.15, -0.1) is 0 Å². The maximum Gasteiger partial charge on any atom is 0.407 e. The Balaban J connectivity index is 0.981. The molecule has 2 amide bonds. The highest BCUT2D eigenvalue weighted by molar-refractivity contribution is 6.39. The molecule has 1 aliphatic carbocycles. The van der Waals surface area contributed by atoms with Gasteiger partial charge in [0.25, 0.3) is 11.7 Å². The summed E-state index contributed by atoms with van der Waals surface area (Å²) in [7, 11) is 4.45. The van der Waals surface area contributed by atoms with Gasteiger partial charge in [-0.1, -0.05) is 76.6 Å². The summed E-state index contributed by atoms with van der Waals surface area (Å²) in [5.41, 5.74) is 3.39. The van der Waals surface area contributed by atoms with Crippen molar-refractivity contribution in [3.8, 4) is 17.0 Å². The number of methoxy groups -OCH3 is 3. The molecule has 5 fully saturated rings. The minimum absolute atomic E-state index is 0.00481. The third-order valence-corrected chi connectivity index (χ3v) is 21.3. The van der Waals surface area contributed by atoms with Gasteiger partial charge in [0.15, 0.2) is 11.4 Å². The largest absolute Gasteiger partial charge is 0.496 e. The van der Waals surface area contributed by atoms with Crippen LogP contribution in [0.5, 0.6) is 5.75 Å². The maximum absolute atomic E-state index is 14.8. The van der Waals surface area contributed by atoms with Gasteiger partial charge in [0.05, 0.1) is 81.1 Å². The van der Waals surface area contributed by atoms with Crippen LogP contribution < -0.4 is 19.9 Å². The second-order valence-corrected chi connectivity index (χ2v) is 28.8. The van der Waals surface area contributed by atoms with E-state index in [0.29, 0.717) is 136 Å². The molecule has 4 N–H and O–H groups in total. The third-order valence-electron chi connectivity index (χ3n) is 21.3. The van der Waals surface area contributed by atoms with Crippen molar-refractivity contribution in [3.05, 3.63) is 83.5 Å². The summed E-state index contributed by atoms with van der Waals surface area (Å²) in [5, 5.41) is 38.6. The normalized spacial score (nSPS) is 32.8. The number of nitrogens with zero attached hydrogens (tertiary/aromatic N) is 6. The lowest BCUT2D eigenvalue weighted by atomic mass is 9.78. The van der Waals surface area contributed by atoms with Crippen LogP contribution in [0.15, 0.2) is 77.9 Å². The monoisotopic (exact) mass is 1390 g/mol. The topological polar surface area (TPSA) is 297 Å². The van der Waals surface area contributed by atoms with Crippen molar-refractivity contribution in [2.45, 2.75) is 213 Å². The van der Waals surface area contributed by atoms with Gasteiger partial charge in [-0.2, -0.15) is 9.97 Å². The first-order valence-electron chi connectivity index (χ1n) is 35.9. The number of esters is 1. The van der Waals surface area contributed by atoms with E-state index in [2.05, 4.69) is 29.0 Å². The van der Waals surface area contributed by atoms with Gasteiger partial charge in [0.2, 0.25) is 11.7 Å². The first-order chi connectivity index (χ1) is 47.8. The van der Waals surface area contributed by atoms with Crippen LogP contribution in [0.4, 0.5) is 16.6 Å².